The Morgan fingerprint density at radius 3 is 2.55 bits per heavy atom. The second kappa shape index (κ2) is 6.83. The molecule has 118 valence electrons. The Balaban J connectivity index is 2.20. The Hall–Kier alpha value is -2.02. The minimum Gasteiger partial charge on any atom is -0.366 e. The normalized spacial score (nSPS) is 12.9. The molecular weight excluding hydrogens is 300 g/mol. The predicted molar refractivity (Wildman–Crippen MR) is 87.4 cm³/mol. The molecule has 7 heteroatoms. The van der Waals surface area contributed by atoms with Crippen molar-refractivity contribution in [2.24, 2.45) is 0 Å². The number of hydrogen-bond acceptors (Lipinski definition) is 6. The Kier molecular flexibility index (Phi) is 5.07. The molecule has 1 atom stereocenters. The molecule has 6 nitrogen and oxygen atoms in total. The molecule has 2 aromatic heterocycles. The van der Waals surface area contributed by atoms with Crippen molar-refractivity contribution in [1.29, 1.82) is 0 Å². The quantitative estimate of drug-likeness (QED) is 0.877. The highest BCUT2D eigenvalue weighted by Crippen LogP contribution is 2.17. The van der Waals surface area contributed by atoms with Gasteiger partial charge in [-0.05, 0) is 26.0 Å². The molecule has 0 aromatic carbocycles. The van der Waals surface area contributed by atoms with E-state index in [1.54, 1.807) is 25.4 Å². The van der Waals surface area contributed by atoms with Crippen molar-refractivity contribution in [3.8, 4) is 11.4 Å². The zero-order valence-corrected chi connectivity index (χ0v) is 13.8. The van der Waals surface area contributed by atoms with Gasteiger partial charge >= 0.3 is 0 Å². The lowest BCUT2D eigenvalue weighted by atomic mass is 10.2. The van der Waals surface area contributed by atoms with Crippen LogP contribution < -0.4 is 5.32 Å². The summed E-state index contributed by atoms with van der Waals surface area (Å²) in [5.41, 5.74) is 1.69. The lowest BCUT2D eigenvalue weighted by molar-refractivity contribution is 0.593. The van der Waals surface area contributed by atoms with E-state index in [0.29, 0.717) is 11.6 Å². The summed E-state index contributed by atoms with van der Waals surface area (Å²) < 4.78 is 23.4. The molecule has 2 heterocycles. The van der Waals surface area contributed by atoms with Crippen LogP contribution in [0, 0.1) is 6.92 Å². The average molecular weight is 320 g/mol. The Labute approximate surface area is 131 Å². The number of nitrogens with zero attached hydrogens (tertiary/aromatic N) is 3. The summed E-state index contributed by atoms with van der Waals surface area (Å²) in [5, 5.41) is 3.14. The molecule has 0 bridgehead atoms. The highest BCUT2D eigenvalue weighted by molar-refractivity contribution is 7.91. The summed E-state index contributed by atoms with van der Waals surface area (Å²) in [6, 6.07) is 5.26. The van der Waals surface area contributed by atoms with Crippen LogP contribution in [-0.4, -0.2) is 40.9 Å². The van der Waals surface area contributed by atoms with Crippen molar-refractivity contribution in [1.82, 2.24) is 15.0 Å². The summed E-state index contributed by atoms with van der Waals surface area (Å²) in [4.78, 5) is 12.8. The number of anilines is 1. The van der Waals surface area contributed by atoms with E-state index in [0.717, 1.165) is 11.3 Å². The van der Waals surface area contributed by atoms with Gasteiger partial charge in [0.15, 0.2) is 15.7 Å². The minimum atomic E-state index is -3.03. The minimum absolute atomic E-state index is 0.0805. The second-order valence-electron chi connectivity index (χ2n) is 5.20. The first-order chi connectivity index (χ1) is 10.4. The molecule has 2 rings (SSSR count). The van der Waals surface area contributed by atoms with Crippen LogP contribution in [0.2, 0.25) is 0 Å². The van der Waals surface area contributed by atoms with Gasteiger partial charge in [0.05, 0.1) is 5.75 Å². The van der Waals surface area contributed by atoms with Crippen LogP contribution in [0.4, 0.5) is 5.82 Å². The Morgan fingerprint density at radius 1 is 1.23 bits per heavy atom. The molecule has 22 heavy (non-hydrogen) atoms. The number of sulfone groups is 1. The molecule has 0 amide bonds. The number of hydrogen-bond donors (Lipinski definition) is 1. The molecule has 0 radical (unpaired) electrons. The van der Waals surface area contributed by atoms with Gasteiger partial charge in [-0.3, -0.25) is 4.98 Å². The molecule has 0 aliphatic heterocycles. The molecule has 0 fully saturated rings. The Morgan fingerprint density at radius 2 is 1.91 bits per heavy atom. The van der Waals surface area contributed by atoms with Crippen LogP contribution in [0.25, 0.3) is 11.4 Å². The van der Waals surface area contributed by atoms with Crippen molar-refractivity contribution < 1.29 is 8.42 Å². The Bertz CT molecular complexity index is 732. The van der Waals surface area contributed by atoms with Crippen LogP contribution in [0.3, 0.4) is 0 Å². The number of aryl methyl sites for hydroxylation is 1. The van der Waals surface area contributed by atoms with Crippen molar-refractivity contribution in [2.45, 2.75) is 26.8 Å². The molecule has 0 saturated carbocycles. The molecule has 0 aliphatic carbocycles. The van der Waals surface area contributed by atoms with E-state index in [1.807, 2.05) is 26.0 Å². The molecule has 0 aliphatic rings. The van der Waals surface area contributed by atoms with Gasteiger partial charge in [-0.15, -0.1) is 0 Å². The van der Waals surface area contributed by atoms with Gasteiger partial charge < -0.3 is 5.32 Å². The lowest BCUT2D eigenvalue weighted by Crippen LogP contribution is -2.27. The summed E-state index contributed by atoms with van der Waals surface area (Å²) in [6.45, 7) is 5.36. The van der Waals surface area contributed by atoms with Crippen LogP contribution in [0.5, 0.6) is 0 Å². The number of aromatic nitrogens is 3. The zero-order chi connectivity index (χ0) is 16.2. The summed E-state index contributed by atoms with van der Waals surface area (Å²) >= 11 is 0. The fourth-order valence-corrected chi connectivity index (χ4v) is 3.15. The molecule has 0 spiro atoms. The number of rotatable bonds is 6. The maximum atomic E-state index is 11.7. The predicted octanol–water partition coefficient (Wildman–Crippen LogP) is 2.08. The standard InChI is InChI=1S/C15H20N4O2S/c1-4-22(20,21)10-12(3)17-14-9-11(2)18-15(19-14)13-5-7-16-8-6-13/h5-9,12H,4,10H2,1-3H3,(H,17,18,19). The van der Waals surface area contributed by atoms with E-state index in [9.17, 15) is 8.42 Å². The van der Waals surface area contributed by atoms with Gasteiger partial charge in [0.2, 0.25) is 0 Å². The van der Waals surface area contributed by atoms with Crippen LogP contribution in [0.1, 0.15) is 19.5 Å². The maximum absolute atomic E-state index is 11.7. The largest absolute Gasteiger partial charge is 0.366 e. The van der Waals surface area contributed by atoms with Crippen LogP contribution in [0.15, 0.2) is 30.6 Å². The maximum Gasteiger partial charge on any atom is 0.161 e. The number of pyridine rings is 1. The monoisotopic (exact) mass is 320 g/mol. The van der Waals surface area contributed by atoms with E-state index in [4.69, 9.17) is 0 Å². The van der Waals surface area contributed by atoms with E-state index in [1.165, 1.54) is 0 Å². The first-order valence-electron chi connectivity index (χ1n) is 7.12. The van der Waals surface area contributed by atoms with Gasteiger partial charge in [-0.1, -0.05) is 6.92 Å². The zero-order valence-electron chi connectivity index (χ0n) is 12.9. The van der Waals surface area contributed by atoms with E-state index in [-0.39, 0.29) is 17.5 Å². The smallest absolute Gasteiger partial charge is 0.161 e. The van der Waals surface area contributed by atoms with Gasteiger partial charge in [-0.25, -0.2) is 18.4 Å². The molecule has 1 unspecified atom stereocenters. The molecule has 0 saturated heterocycles. The van der Waals surface area contributed by atoms with Crippen LogP contribution in [-0.2, 0) is 9.84 Å². The van der Waals surface area contributed by atoms with Crippen LogP contribution >= 0.6 is 0 Å². The second-order valence-corrected chi connectivity index (χ2v) is 7.60. The third-order valence-electron chi connectivity index (χ3n) is 3.13. The number of nitrogens with one attached hydrogen (secondary N) is 1. The van der Waals surface area contributed by atoms with Crippen molar-refractivity contribution in [3.63, 3.8) is 0 Å². The average Bonchev–Trinajstić information content (AvgIpc) is 2.47. The van der Waals surface area contributed by atoms with Gasteiger partial charge in [0.25, 0.3) is 0 Å². The van der Waals surface area contributed by atoms with E-state index >= 15 is 0 Å². The summed E-state index contributed by atoms with van der Waals surface area (Å²) in [5.74, 6) is 1.44. The molecular formula is C15H20N4O2S. The van der Waals surface area contributed by atoms with Gasteiger partial charge in [0.1, 0.15) is 5.82 Å². The summed E-state index contributed by atoms with van der Waals surface area (Å²) in [7, 11) is -3.03. The van der Waals surface area contributed by atoms with E-state index < -0.39 is 9.84 Å². The first-order valence-corrected chi connectivity index (χ1v) is 8.95. The molecule has 1 N–H and O–H groups in total. The third-order valence-corrected chi connectivity index (χ3v) is 5.02. The molecule has 2 aromatic rings. The van der Waals surface area contributed by atoms with Crippen molar-refractivity contribution in [3.05, 3.63) is 36.3 Å². The fourth-order valence-electron chi connectivity index (χ4n) is 2.07. The first kappa shape index (κ1) is 16.4. The topological polar surface area (TPSA) is 84.8 Å². The fraction of sp³-hybridized carbons (Fsp3) is 0.400. The van der Waals surface area contributed by atoms with Crippen molar-refractivity contribution in [2.75, 3.05) is 16.8 Å². The van der Waals surface area contributed by atoms with Gasteiger partial charge in [-0.2, -0.15) is 0 Å². The van der Waals surface area contributed by atoms with Gasteiger partial charge in [0, 0.05) is 41.5 Å². The highest BCUT2D eigenvalue weighted by Gasteiger charge is 2.14. The lowest BCUT2D eigenvalue weighted by Gasteiger charge is -2.15. The van der Waals surface area contributed by atoms with E-state index in [2.05, 4.69) is 20.3 Å². The summed E-state index contributed by atoms with van der Waals surface area (Å²) in [6.07, 6.45) is 3.37. The third kappa shape index (κ3) is 4.49. The SMILES string of the molecule is CCS(=O)(=O)CC(C)Nc1cc(C)nc(-c2ccncc2)n1. The van der Waals surface area contributed by atoms with Crippen molar-refractivity contribution >= 4 is 15.7 Å². The highest BCUT2D eigenvalue weighted by atomic mass is 32.2.